The van der Waals surface area contributed by atoms with E-state index in [4.69, 9.17) is 15.2 Å². The third kappa shape index (κ3) is 10.3. The number of nitrogens with two attached hydrogens (primary N) is 1. The Hall–Kier alpha value is -1.96. The number of carbonyl (C=O) groups excluding carboxylic acids is 2. The maximum atomic E-state index is 12.3. The van der Waals surface area contributed by atoms with Crippen LogP contribution in [0.3, 0.4) is 0 Å². The van der Waals surface area contributed by atoms with Crippen molar-refractivity contribution in [3.63, 3.8) is 0 Å². The third-order valence-electron chi connectivity index (χ3n) is 5.63. The van der Waals surface area contributed by atoms with Gasteiger partial charge in [-0.2, -0.15) is 0 Å². The van der Waals surface area contributed by atoms with E-state index in [0.717, 1.165) is 51.0 Å². The molecule has 2 amide bonds. The lowest BCUT2D eigenvalue weighted by atomic mass is 9.91. The number of rotatable bonds is 15. The Balaban J connectivity index is 1.57. The molecule has 0 bridgehead atoms. The molecule has 2 unspecified atom stereocenters. The molecule has 7 nitrogen and oxygen atoms in total. The van der Waals surface area contributed by atoms with Crippen LogP contribution in [0.2, 0.25) is 0 Å². The van der Waals surface area contributed by atoms with E-state index in [1.165, 1.54) is 12.8 Å². The van der Waals surface area contributed by atoms with Crippen LogP contribution in [0.1, 0.15) is 74.2 Å². The number of hydrogen-bond donors (Lipinski definition) is 3. The first kappa shape index (κ1) is 25.3. The minimum Gasteiger partial charge on any atom is -0.381 e. The van der Waals surface area contributed by atoms with E-state index in [1.54, 1.807) is 0 Å². The van der Waals surface area contributed by atoms with Gasteiger partial charge in [0.15, 0.2) is 0 Å². The quantitative estimate of drug-likeness (QED) is 0.291. The summed E-state index contributed by atoms with van der Waals surface area (Å²) in [6, 6.07) is 7.51. The summed E-state index contributed by atoms with van der Waals surface area (Å²) in [5.41, 5.74) is 12.9. The molecule has 1 aliphatic rings. The Morgan fingerprint density at radius 3 is 2.55 bits per heavy atom. The molecule has 2 rings (SSSR count). The van der Waals surface area contributed by atoms with Crippen LogP contribution in [0.15, 0.2) is 24.3 Å². The lowest BCUT2D eigenvalue weighted by molar-refractivity contribution is -0.126. The minimum atomic E-state index is -0.247. The van der Waals surface area contributed by atoms with Crippen LogP contribution < -0.4 is 16.6 Å². The van der Waals surface area contributed by atoms with Crippen molar-refractivity contribution in [1.82, 2.24) is 10.9 Å². The van der Waals surface area contributed by atoms with Gasteiger partial charge in [-0.1, -0.05) is 31.9 Å². The second-order valence-electron chi connectivity index (χ2n) is 8.28. The summed E-state index contributed by atoms with van der Waals surface area (Å²) in [4.78, 5) is 23.7. The Bertz CT molecular complexity index is 651. The van der Waals surface area contributed by atoms with Gasteiger partial charge < -0.3 is 15.2 Å². The largest absolute Gasteiger partial charge is 0.381 e. The van der Waals surface area contributed by atoms with Crippen molar-refractivity contribution in [3.05, 3.63) is 35.4 Å². The number of carbonyl (C=O) groups is 2. The summed E-state index contributed by atoms with van der Waals surface area (Å²) in [5.74, 6) is -0.495. The maximum Gasteiger partial charge on any atom is 0.265 e. The predicted octanol–water partition coefficient (Wildman–Crippen LogP) is 3.12. The van der Waals surface area contributed by atoms with Gasteiger partial charge in [0, 0.05) is 37.8 Å². The SMILES string of the molecule is CCCCCOCCCCCNNC(=O)c1ccc(CC2CC(C(N)=O)CCO2)cc1. The average Bonchev–Trinajstić information content (AvgIpc) is 2.78. The number of amides is 2. The van der Waals surface area contributed by atoms with E-state index in [2.05, 4.69) is 17.8 Å². The average molecular weight is 434 g/mol. The summed E-state index contributed by atoms with van der Waals surface area (Å²) in [6.07, 6.45) is 8.79. The highest BCUT2D eigenvalue weighted by Crippen LogP contribution is 2.22. The van der Waals surface area contributed by atoms with Crippen molar-refractivity contribution in [2.24, 2.45) is 11.7 Å². The van der Waals surface area contributed by atoms with Crippen LogP contribution >= 0.6 is 0 Å². The van der Waals surface area contributed by atoms with E-state index >= 15 is 0 Å². The maximum absolute atomic E-state index is 12.3. The normalized spacial score (nSPS) is 18.6. The minimum absolute atomic E-state index is 0.00525. The van der Waals surface area contributed by atoms with Crippen LogP contribution in [0.5, 0.6) is 0 Å². The number of ether oxygens (including phenoxy) is 2. The number of primary amides is 1. The smallest absolute Gasteiger partial charge is 0.265 e. The van der Waals surface area contributed by atoms with Crippen molar-refractivity contribution in [3.8, 4) is 0 Å². The molecule has 1 aromatic carbocycles. The zero-order chi connectivity index (χ0) is 22.3. The zero-order valence-corrected chi connectivity index (χ0v) is 18.9. The van der Waals surface area contributed by atoms with Gasteiger partial charge in [-0.05, 0) is 62.6 Å². The van der Waals surface area contributed by atoms with Crippen molar-refractivity contribution in [1.29, 1.82) is 0 Å². The van der Waals surface area contributed by atoms with Gasteiger partial charge in [-0.3, -0.25) is 15.0 Å². The molecule has 7 heteroatoms. The van der Waals surface area contributed by atoms with Crippen molar-refractivity contribution in [2.75, 3.05) is 26.4 Å². The molecule has 0 aliphatic carbocycles. The summed E-state index contributed by atoms with van der Waals surface area (Å²) >= 11 is 0. The number of nitrogens with one attached hydrogen (secondary N) is 2. The van der Waals surface area contributed by atoms with Crippen LogP contribution in [-0.2, 0) is 20.7 Å². The lowest BCUT2D eigenvalue weighted by Crippen LogP contribution is -2.38. The van der Waals surface area contributed by atoms with Gasteiger partial charge in [-0.25, -0.2) is 5.43 Å². The molecule has 174 valence electrons. The Morgan fingerprint density at radius 2 is 1.84 bits per heavy atom. The van der Waals surface area contributed by atoms with E-state index < -0.39 is 0 Å². The molecule has 1 aliphatic heterocycles. The van der Waals surface area contributed by atoms with Gasteiger partial charge in [-0.15, -0.1) is 0 Å². The third-order valence-corrected chi connectivity index (χ3v) is 5.63. The lowest BCUT2D eigenvalue weighted by Gasteiger charge is -2.27. The van der Waals surface area contributed by atoms with Gasteiger partial charge in [0.05, 0.1) is 6.10 Å². The van der Waals surface area contributed by atoms with Crippen LogP contribution in [0.4, 0.5) is 0 Å². The highest BCUT2D eigenvalue weighted by molar-refractivity contribution is 5.93. The van der Waals surface area contributed by atoms with Crippen LogP contribution in [0, 0.1) is 5.92 Å². The fourth-order valence-electron chi connectivity index (χ4n) is 3.70. The van der Waals surface area contributed by atoms with E-state index in [0.29, 0.717) is 31.4 Å². The standard InChI is InChI=1S/C24H39N3O4/c1-2-3-6-14-30-15-7-4-5-13-26-27-24(29)20-10-8-19(9-11-20)17-22-18-21(23(25)28)12-16-31-22/h8-11,21-22,26H,2-7,12-18H2,1H3,(H2,25,28)(H,27,29). The van der Waals surface area contributed by atoms with E-state index in [-0.39, 0.29) is 23.8 Å². The molecular formula is C24H39N3O4. The second-order valence-corrected chi connectivity index (χ2v) is 8.28. The topological polar surface area (TPSA) is 103 Å². The monoisotopic (exact) mass is 433 g/mol. The fraction of sp³-hybridized carbons (Fsp3) is 0.667. The Labute approximate surface area is 186 Å². The molecule has 4 N–H and O–H groups in total. The second kappa shape index (κ2) is 14.9. The molecule has 0 aromatic heterocycles. The first-order valence-corrected chi connectivity index (χ1v) is 11.7. The van der Waals surface area contributed by atoms with Crippen molar-refractivity contribution >= 4 is 11.8 Å². The molecule has 0 saturated carbocycles. The highest BCUT2D eigenvalue weighted by Gasteiger charge is 2.26. The molecule has 1 saturated heterocycles. The molecule has 31 heavy (non-hydrogen) atoms. The van der Waals surface area contributed by atoms with E-state index in [1.807, 2.05) is 24.3 Å². The molecule has 0 spiro atoms. The van der Waals surface area contributed by atoms with Gasteiger partial charge >= 0.3 is 0 Å². The van der Waals surface area contributed by atoms with E-state index in [9.17, 15) is 9.59 Å². The molecule has 2 atom stereocenters. The van der Waals surface area contributed by atoms with Crippen LogP contribution in [-0.4, -0.2) is 44.3 Å². The van der Waals surface area contributed by atoms with Crippen LogP contribution in [0.25, 0.3) is 0 Å². The number of hydrogen-bond acceptors (Lipinski definition) is 5. The van der Waals surface area contributed by atoms with Crippen molar-refractivity contribution < 1.29 is 19.1 Å². The Kier molecular flexibility index (Phi) is 12.2. The van der Waals surface area contributed by atoms with Gasteiger partial charge in [0.2, 0.25) is 5.91 Å². The molecule has 0 radical (unpaired) electrons. The summed E-state index contributed by atoms with van der Waals surface area (Å²) in [6.45, 7) is 5.17. The summed E-state index contributed by atoms with van der Waals surface area (Å²) < 4.78 is 11.4. The number of hydrazine groups is 1. The van der Waals surface area contributed by atoms with Gasteiger partial charge in [0.1, 0.15) is 0 Å². The first-order chi connectivity index (χ1) is 15.1. The molecule has 1 aromatic rings. The number of benzene rings is 1. The molecular weight excluding hydrogens is 394 g/mol. The molecule has 1 heterocycles. The summed E-state index contributed by atoms with van der Waals surface area (Å²) in [7, 11) is 0. The Morgan fingerprint density at radius 1 is 1.10 bits per heavy atom. The van der Waals surface area contributed by atoms with Gasteiger partial charge in [0.25, 0.3) is 5.91 Å². The zero-order valence-electron chi connectivity index (χ0n) is 18.9. The fourth-order valence-corrected chi connectivity index (χ4v) is 3.70. The first-order valence-electron chi connectivity index (χ1n) is 11.7. The molecule has 1 fully saturated rings. The van der Waals surface area contributed by atoms with Crippen molar-refractivity contribution in [2.45, 2.75) is 70.8 Å². The number of unbranched alkanes of at least 4 members (excludes halogenated alkanes) is 4. The predicted molar refractivity (Wildman–Crippen MR) is 121 cm³/mol. The summed E-state index contributed by atoms with van der Waals surface area (Å²) in [5, 5.41) is 0. The highest BCUT2D eigenvalue weighted by atomic mass is 16.5.